The minimum Gasteiger partial charge on any atom is -0.494 e. The number of aromatic nitrogens is 2. The van der Waals surface area contributed by atoms with E-state index in [2.05, 4.69) is 15.3 Å². The maximum absolute atomic E-state index is 12.2. The first-order chi connectivity index (χ1) is 13.7. The zero-order valence-electron chi connectivity index (χ0n) is 15.6. The molecule has 0 atom stereocenters. The molecule has 0 saturated carbocycles. The van der Waals surface area contributed by atoms with Crippen molar-refractivity contribution in [2.24, 2.45) is 0 Å². The number of ketones is 1. The van der Waals surface area contributed by atoms with Crippen LogP contribution in [0.3, 0.4) is 0 Å². The lowest BCUT2D eigenvalue weighted by Gasteiger charge is -2.06. The standard InChI is InChI=1S/C22H21N3O3/c1-2-28-19-10-8-16(9-11-19)20(26)12-13-21(27)25-18-14-23-22(24-15-18)17-6-4-3-5-7-17/h3-11,14-15H,2,12-13H2,1H3,(H,25,27). The summed E-state index contributed by atoms with van der Waals surface area (Å²) in [4.78, 5) is 32.9. The predicted molar refractivity (Wildman–Crippen MR) is 107 cm³/mol. The van der Waals surface area contributed by atoms with Crippen LogP contribution in [0, 0.1) is 0 Å². The molecule has 1 aromatic heterocycles. The number of hydrogen-bond acceptors (Lipinski definition) is 5. The summed E-state index contributed by atoms with van der Waals surface area (Å²) in [7, 11) is 0. The van der Waals surface area contributed by atoms with E-state index >= 15 is 0 Å². The molecule has 3 aromatic rings. The maximum atomic E-state index is 12.2. The van der Waals surface area contributed by atoms with Crippen molar-refractivity contribution in [1.82, 2.24) is 9.97 Å². The van der Waals surface area contributed by atoms with Crippen LogP contribution in [0.15, 0.2) is 67.0 Å². The molecule has 0 radical (unpaired) electrons. The number of amides is 1. The molecule has 0 fully saturated rings. The van der Waals surface area contributed by atoms with E-state index in [-0.39, 0.29) is 24.5 Å². The summed E-state index contributed by atoms with van der Waals surface area (Å²) < 4.78 is 5.35. The van der Waals surface area contributed by atoms with Gasteiger partial charge in [0.1, 0.15) is 5.75 Å². The second-order valence-electron chi connectivity index (χ2n) is 6.09. The number of carbonyl (C=O) groups is 2. The molecule has 0 aliphatic rings. The Hall–Kier alpha value is -3.54. The van der Waals surface area contributed by atoms with Crippen molar-refractivity contribution in [3.05, 3.63) is 72.6 Å². The van der Waals surface area contributed by atoms with Gasteiger partial charge in [-0.3, -0.25) is 9.59 Å². The Labute approximate surface area is 163 Å². The van der Waals surface area contributed by atoms with E-state index in [0.29, 0.717) is 23.7 Å². The number of Topliss-reactive ketones (excluding diaryl/α,β-unsaturated/α-hetero) is 1. The minimum atomic E-state index is -0.254. The van der Waals surface area contributed by atoms with E-state index in [1.165, 1.54) is 0 Å². The second-order valence-corrected chi connectivity index (χ2v) is 6.09. The summed E-state index contributed by atoms with van der Waals surface area (Å²) >= 11 is 0. The molecule has 2 aromatic carbocycles. The zero-order chi connectivity index (χ0) is 19.8. The Balaban J connectivity index is 1.50. The van der Waals surface area contributed by atoms with Crippen LogP contribution in [-0.4, -0.2) is 28.3 Å². The minimum absolute atomic E-state index is 0.0890. The van der Waals surface area contributed by atoms with Gasteiger partial charge in [-0.05, 0) is 31.2 Å². The molecule has 1 N–H and O–H groups in total. The Kier molecular flexibility index (Phi) is 6.46. The van der Waals surface area contributed by atoms with Crippen LogP contribution in [0.1, 0.15) is 30.1 Å². The molecule has 0 aliphatic heterocycles. The number of rotatable bonds is 8. The van der Waals surface area contributed by atoms with Gasteiger partial charge in [0.2, 0.25) is 5.91 Å². The average Bonchev–Trinajstić information content (AvgIpc) is 2.74. The van der Waals surface area contributed by atoms with Crippen LogP contribution in [-0.2, 0) is 4.79 Å². The molecule has 6 nitrogen and oxygen atoms in total. The molecule has 1 heterocycles. The van der Waals surface area contributed by atoms with Crippen molar-refractivity contribution in [2.45, 2.75) is 19.8 Å². The van der Waals surface area contributed by atoms with Gasteiger partial charge in [0.05, 0.1) is 24.7 Å². The van der Waals surface area contributed by atoms with Crippen molar-refractivity contribution in [2.75, 3.05) is 11.9 Å². The third-order valence-corrected chi connectivity index (χ3v) is 4.03. The summed E-state index contributed by atoms with van der Waals surface area (Å²) in [5.41, 5.74) is 1.96. The highest BCUT2D eigenvalue weighted by molar-refractivity contribution is 6.00. The Morgan fingerprint density at radius 3 is 2.25 bits per heavy atom. The fourth-order valence-corrected chi connectivity index (χ4v) is 2.63. The third-order valence-electron chi connectivity index (χ3n) is 4.03. The van der Waals surface area contributed by atoms with E-state index in [0.717, 1.165) is 11.3 Å². The first-order valence-corrected chi connectivity index (χ1v) is 9.09. The number of hydrogen-bond donors (Lipinski definition) is 1. The molecule has 0 spiro atoms. The Morgan fingerprint density at radius 2 is 1.61 bits per heavy atom. The molecule has 6 heteroatoms. The first kappa shape index (κ1) is 19.2. The van der Waals surface area contributed by atoms with Crippen molar-refractivity contribution >= 4 is 17.4 Å². The van der Waals surface area contributed by atoms with E-state index in [1.807, 2.05) is 37.3 Å². The molecule has 28 heavy (non-hydrogen) atoms. The molecular formula is C22H21N3O3. The van der Waals surface area contributed by atoms with E-state index in [1.54, 1.807) is 36.7 Å². The van der Waals surface area contributed by atoms with Gasteiger partial charge >= 0.3 is 0 Å². The summed E-state index contributed by atoms with van der Waals surface area (Å²) in [5, 5.41) is 2.72. The summed E-state index contributed by atoms with van der Waals surface area (Å²) in [6.45, 7) is 2.47. The molecule has 1 amide bonds. The number of benzene rings is 2. The highest BCUT2D eigenvalue weighted by Gasteiger charge is 2.10. The lowest BCUT2D eigenvalue weighted by molar-refractivity contribution is -0.116. The largest absolute Gasteiger partial charge is 0.494 e. The van der Waals surface area contributed by atoms with Crippen LogP contribution in [0.5, 0.6) is 5.75 Å². The van der Waals surface area contributed by atoms with Crippen LogP contribution >= 0.6 is 0 Å². The van der Waals surface area contributed by atoms with Gasteiger partial charge in [-0.1, -0.05) is 30.3 Å². The molecule has 3 rings (SSSR count). The van der Waals surface area contributed by atoms with Gasteiger partial charge in [-0.15, -0.1) is 0 Å². The van der Waals surface area contributed by atoms with Crippen LogP contribution < -0.4 is 10.1 Å². The molecule has 0 saturated heterocycles. The summed E-state index contributed by atoms with van der Waals surface area (Å²) in [6.07, 6.45) is 3.33. The van der Waals surface area contributed by atoms with Gasteiger partial charge in [-0.2, -0.15) is 0 Å². The van der Waals surface area contributed by atoms with Gasteiger partial charge in [0.25, 0.3) is 0 Å². The summed E-state index contributed by atoms with van der Waals surface area (Å²) in [5.74, 6) is 0.962. The molecular weight excluding hydrogens is 354 g/mol. The lowest BCUT2D eigenvalue weighted by atomic mass is 10.1. The van der Waals surface area contributed by atoms with Gasteiger partial charge < -0.3 is 10.1 Å². The van der Waals surface area contributed by atoms with E-state index in [4.69, 9.17) is 4.74 Å². The number of nitrogens with zero attached hydrogens (tertiary/aromatic N) is 2. The van der Waals surface area contributed by atoms with Crippen LogP contribution in [0.4, 0.5) is 5.69 Å². The van der Waals surface area contributed by atoms with E-state index < -0.39 is 0 Å². The fraction of sp³-hybridized carbons (Fsp3) is 0.182. The Morgan fingerprint density at radius 1 is 0.929 bits per heavy atom. The maximum Gasteiger partial charge on any atom is 0.224 e. The Bertz CT molecular complexity index is 924. The quantitative estimate of drug-likeness (QED) is 0.598. The molecule has 0 unspecified atom stereocenters. The predicted octanol–water partition coefficient (Wildman–Crippen LogP) is 4.14. The smallest absolute Gasteiger partial charge is 0.224 e. The van der Waals surface area contributed by atoms with Gasteiger partial charge in [-0.25, -0.2) is 9.97 Å². The highest BCUT2D eigenvalue weighted by Crippen LogP contribution is 2.16. The summed E-state index contributed by atoms with van der Waals surface area (Å²) in [6, 6.07) is 16.5. The van der Waals surface area contributed by atoms with Gasteiger partial charge in [0.15, 0.2) is 11.6 Å². The lowest BCUT2D eigenvalue weighted by Crippen LogP contribution is -2.14. The second kappa shape index (κ2) is 9.41. The average molecular weight is 375 g/mol. The van der Waals surface area contributed by atoms with Crippen molar-refractivity contribution in [3.63, 3.8) is 0 Å². The van der Waals surface area contributed by atoms with E-state index in [9.17, 15) is 9.59 Å². The topological polar surface area (TPSA) is 81.2 Å². The van der Waals surface area contributed by atoms with Gasteiger partial charge in [0, 0.05) is 24.0 Å². The fourth-order valence-electron chi connectivity index (χ4n) is 2.63. The number of nitrogens with one attached hydrogen (secondary N) is 1. The number of anilines is 1. The highest BCUT2D eigenvalue weighted by atomic mass is 16.5. The van der Waals surface area contributed by atoms with Crippen molar-refractivity contribution < 1.29 is 14.3 Å². The normalized spacial score (nSPS) is 10.3. The molecule has 0 aliphatic carbocycles. The van der Waals surface area contributed by atoms with Crippen molar-refractivity contribution in [3.8, 4) is 17.1 Å². The van der Waals surface area contributed by atoms with Crippen LogP contribution in [0.25, 0.3) is 11.4 Å². The molecule has 0 bridgehead atoms. The SMILES string of the molecule is CCOc1ccc(C(=O)CCC(=O)Nc2cnc(-c3ccccc3)nc2)cc1. The number of carbonyl (C=O) groups excluding carboxylic acids is 2. The third kappa shape index (κ3) is 5.23. The first-order valence-electron chi connectivity index (χ1n) is 9.09. The molecule has 142 valence electrons. The zero-order valence-corrected chi connectivity index (χ0v) is 15.6. The number of ether oxygens (including phenoxy) is 1. The van der Waals surface area contributed by atoms with Crippen LogP contribution in [0.2, 0.25) is 0 Å². The monoisotopic (exact) mass is 375 g/mol. The van der Waals surface area contributed by atoms with Crippen molar-refractivity contribution in [1.29, 1.82) is 0 Å².